The van der Waals surface area contributed by atoms with Crippen LogP contribution in [0.25, 0.3) is 10.9 Å². The van der Waals surface area contributed by atoms with E-state index in [4.69, 9.17) is 10.1 Å². The van der Waals surface area contributed by atoms with E-state index in [1.165, 1.54) is 0 Å². The van der Waals surface area contributed by atoms with Gasteiger partial charge >= 0.3 is 0 Å². The van der Waals surface area contributed by atoms with Crippen LogP contribution in [0.15, 0.2) is 30.5 Å². The van der Waals surface area contributed by atoms with E-state index in [9.17, 15) is 0 Å². The highest BCUT2D eigenvalue weighted by Crippen LogP contribution is 2.19. The van der Waals surface area contributed by atoms with E-state index in [0.717, 1.165) is 16.9 Å². The molecule has 0 N–H and O–H groups in total. The van der Waals surface area contributed by atoms with E-state index in [1.807, 2.05) is 24.3 Å². The summed E-state index contributed by atoms with van der Waals surface area (Å²) >= 11 is 0. The summed E-state index contributed by atoms with van der Waals surface area (Å²) in [6.45, 7) is 7.68. The fourth-order valence-corrected chi connectivity index (χ4v) is 2.50. The van der Waals surface area contributed by atoms with E-state index in [1.54, 1.807) is 10.9 Å². The molecular weight excluding hydrogens is 240 g/mol. The maximum absolute atomic E-state index is 9.09. The zero-order valence-corrected chi connectivity index (χ0v) is 12.1. The van der Waals surface area contributed by atoms with Crippen molar-refractivity contribution in [2.75, 3.05) is 6.61 Å². The Morgan fingerprint density at radius 1 is 1.28 bits per heavy atom. The minimum atomic E-state index is -1.08. The third-order valence-electron chi connectivity index (χ3n) is 2.88. The Balaban J connectivity index is 2.21. The summed E-state index contributed by atoms with van der Waals surface area (Å²) in [6, 6.07) is 11.1. The fraction of sp³-hybridized carbons (Fsp3) is 0.357. The van der Waals surface area contributed by atoms with Crippen LogP contribution in [0, 0.1) is 11.3 Å². The number of nitrogens with zero attached hydrogens (tertiary/aromatic N) is 2. The van der Waals surface area contributed by atoms with Gasteiger partial charge in [0.15, 0.2) is 0 Å². The molecule has 4 heteroatoms. The van der Waals surface area contributed by atoms with Crippen molar-refractivity contribution < 1.29 is 4.84 Å². The topological polar surface area (TPSA) is 38.0 Å². The number of aromatic nitrogens is 1. The van der Waals surface area contributed by atoms with Crippen molar-refractivity contribution in [2.24, 2.45) is 0 Å². The van der Waals surface area contributed by atoms with Crippen molar-refractivity contribution in [3.8, 4) is 6.07 Å². The number of benzene rings is 1. The molecule has 0 radical (unpaired) electrons. The molecule has 0 saturated heterocycles. The minimum absolute atomic E-state index is 0.665. The monoisotopic (exact) mass is 258 g/mol. The second kappa shape index (κ2) is 4.87. The summed E-state index contributed by atoms with van der Waals surface area (Å²) in [7, 11) is -1.08. The van der Waals surface area contributed by atoms with E-state index in [-0.39, 0.29) is 0 Å². The van der Waals surface area contributed by atoms with Gasteiger partial charge in [0.1, 0.15) is 12.7 Å². The molecule has 18 heavy (non-hydrogen) atoms. The van der Waals surface area contributed by atoms with Crippen LogP contribution in [-0.4, -0.2) is 19.4 Å². The number of hydrogen-bond acceptors (Lipinski definition) is 2. The summed E-state index contributed by atoms with van der Waals surface area (Å²) in [5, 5.41) is 10.0. The standard InChI is InChI=1S/C14H18N2OSi/c1-18(2,3)9-8-17-16-11-12(10-15)13-6-4-5-7-14(13)16/h4-7,11H,8-9H2,1-3H3. The summed E-state index contributed by atoms with van der Waals surface area (Å²) in [5.41, 5.74) is 1.63. The van der Waals surface area contributed by atoms with Gasteiger partial charge in [0.25, 0.3) is 0 Å². The largest absolute Gasteiger partial charge is 0.414 e. The molecule has 0 amide bonds. The van der Waals surface area contributed by atoms with Gasteiger partial charge in [-0.1, -0.05) is 37.8 Å². The first-order valence-corrected chi connectivity index (χ1v) is 9.85. The molecule has 2 rings (SSSR count). The van der Waals surface area contributed by atoms with Gasteiger partial charge in [-0.05, 0) is 12.1 Å². The Hall–Kier alpha value is -1.73. The number of fused-ring (bicyclic) bond motifs is 1. The number of para-hydroxylation sites is 1. The molecule has 1 aromatic carbocycles. The summed E-state index contributed by atoms with van der Waals surface area (Å²) in [6.07, 6.45) is 1.77. The molecule has 1 heterocycles. The van der Waals surface area contributed by atoms with Gasteiger partial charge in [-0.15, -0.1) is 0 Å². The molecule has 3 nitrogen and oxygen atoms in total. The average molecular weight is 258 g/mol. The molecule has 94 valence electrons. The molecule has 0 bridgehead atoms. The van der Waals surface area contributed by atoms with Crippen LogP contribution >= 0.6 is 0 Å². The van der Waals surface area contributed by atoms with Crippen LogP contribution in [0.3, 0.4) is 0 Å². The van der Waals surface area contributed by atoms with Crippen LogP contribution in [0.5, 0.6) is 0 Å². The van der Waals surface area contributed by atoms with Gasteiger partial charge in [-0.25, -0.2) is 0 Å². The highest BCUT2D eigenvalue weighted by Gasteiger charge is 2.14. The van der Waals surface area contributed by atoms with Crippen molar-refractivity contribution in [3.63, 3.8) is 0 Å². The lowest BCUT2D eigenvalue weighted by molar-refractivity contribution is 0.131. The van der Waals surface area contributed by atoms with Crippen molar-refractivity contribution in [1.82, 2.24) is 4.73 Å². The predicted molar refractivity (Wildman–Crippen MR) is 76.3 cm³/mol. The van der Waals surface area contributed by atoms with Crippen molar-refractivity contribution in [3.05, 3.63) is 36.0 Å². The minimum Gasteiger partial charge on any atom is -0.414 e. The van der Waals surface area contributed by atoms with E-state index in [0.29, 0.717) is 12.2 Å². The molecule has 0 saturated carbocycles. The van der Waals surface area contributed by atoms with Gasteiger partial charge < -0.3 is 4.84 Å². The fourth-order valence-electron chi connectivity index (χ4n) is 1.80. The summed E-state index contributed by atoms with van der Waals surface area (Å²) < 4.78 is 1.73. The lowest BCUT2D eigenvalue weighted by Crippen LogP contribution is -2.25. The zero-order chi connectivity index (χ0) is 13.2. The maximum Gasteiger partial charge on any atom is 0.112 e. The molecular formula is C14H18N2OSi. The molecule has 0 atom stereocenters. The van der Waals surface area contributed by atoms with E-state index < -0.39 is 8.07 Å². The van der Waals surface area contributed by atoms with Gasteiger partial charge in [0, 0.05) is 13.5 Å². The second-order valence-corrected chi connectivity index (χ2v) is 11.3. The van der Waals surface area contributed by atoms with Gasteiger partial charge in [-0.2, -0.15) is 9.99 Å². The van der Waals surface area contributed by atoms with Gasteiger partial charge in [0.05, 0.1) is 17.3 Å². The first-order valence-electron chi connectivity index (χ1n) is 6.15. The van der Waals surface area contributed by atoms with E-state index in [2.05, 4.69) is 25.7 Å². The quantitative estimate of drug-likeness (QED) is 0.789. The molecule has 0 unspecified atom stereocenters. The summed E-state index contributed by atoms with van der Waals surface area (Å²) in [4.78, 5) is 5.78. The average Bonchev–Trinajstić information content (AvgIpc) is 2.66. The Morgan fingerprint density at radius 2 is 2.00 bits per heavy atom. The normalized spacial score (nSPS) is 11.4. The Morgan fingerprint density at radius 3 is 2.67 bits per heavy atom. The van der Waals surface area contributed by atoms with Crippen molar-refractivity contribution >= 4 is 19.0 Å². The van der Waals surface area contributed by atoms with Crippen LogP contribution in [0.1, 0.15) is 5.56 Å². The van der Waals surface area contributed by atoms with Crippen molar-refractivity contribution in [2.45, 2.75) is 25.7 Å². The van der Waals surface area contributed by atoms with Gasteiger partial charge in [-0.3, -0.25) is 0 Å². The van der Waals surface area contributed by atoms with Crippen molar-refractivity contribution in [1.29, 1.82) is 5.26 Å². The molecule has 0 aliphatic rings. The third kappa shape index (κ3) is 2.74. The highest BCUT2D eigenvalue weighted by atomic mass is 28.3. The van der Waals surface area contributed by atoms with Crippen LogP contribution in [0.4, 0.5) is 0 Å². The molecule has 0 spiro atoms. The summed E-state index contributed by atoms with van der Waals surface area (Å²) in [5.74, 6) is 0. The number of rotatable bonds is 4. The lowest BCUT2D eigenvalue weighted by Gasteiger charge is -2.16. The van der Waals surface area contributed by atoms with Crippen LogP contribution in [0.2, 0.25) is 25.7 Å². The number of hydrogen-bond donors (Lipinski definition) is 0. The Bertz CT molecular complexity index is 590. The molecule has 0 aliphatic carbocycles. The second-order valence-electron chi connectivity index (χ2n) is 5.64. The lowest BCUT2D eigenvalue weighted by atomic mass is 10.2. The highest BCUT2D eigenvalue weighted by molar-refractivity contribution is 6.76. The van der Waals surface area contributed by atoms with E-state index >= 15 is 0 Å². The first-order chi connectivity index (χ1) is 8.51. The van der Waals surface area contributed by atoms with Crippen LogP contribution < -0.4 is 4.84 Å². The smallest absolute Gasteiger partial charge is 0.112 e. The zero-order valence-electron chi connectivity index (χ0n) is 11.1. The Labute approximate surface area is 109 Å². The molecule has 2 aromatic rings. The van der Waals surface area contributed by atoms with Crippen LogP contribution in [-0.2, 0) is 0 Å². The number of nitriles is 1. The first kappa shape index (κ1) is 12.7. The van der Waals surface area contributed by atoms with Gasteiger partial charge in [0.2, 0.25) is 0 Å². The molecule has 0 fully saturated rings. The third-order valence-corrected chi connectivity index (χ3v) is 4.59. The maximum atomic E-state index is 9.09. The predicted octanol–water partition coefficient (Wildman–Crippen LogP) is 3.28. The molecule has 1 aromatic heterocycles. The Kier molecular flexibility index (Phi) is 3.44. The SMILES string of the molecule is C[Si](C)(C)CCOn1cc(C#N)c2ccccc21. The molecule has 0 aliphatic heterocycles.